The van der Waals surface area contributed by atoms with Gasteiger partial charge in [0.25, 0.3) is 0 Å². The Morgan fingerprint density at radius 3 is 2.80 bits per heavy atom. The summed E-state index contributed by atoms with van der Waals surface area (Å²) in [6.45, 7) is 4.16. The molecule has 3 heteroatoms. The van der Waals surface area contributed by atoms with Crippen LogP contribution in [0.1, 0.15) is 71.6 Å². The first-order valence-electron chi connectivity index (χ1n) is 10.2. The Kier molecular flexibility index (Phi) is 4.11. The van der Waals surface area contributed by atoms with Crippen LogP contribution in [0.4, 0.5) is 0 Å². The fourth-order valence-corrected chi connectivity index (χ4v) is 7.55. The Balaban J connectivity index is 1.69. The molecule has 0 aromatic heterocycles. The van der Waals surface area contributed by atoms with Crippen molar-refractivity contribution in [3.8, 4) is 6.07 Å². The molecule has 4 aliphatic carbocycles. The zero-order valence-electron chi connectivity index (χ0n) is 15.6. The third-order valence-electron chi connectivity index (χ3n) is 8.69. The van der Waals surface area contributed by atoms with E-state index in [2.05, 4.69) is 19.1 Å². The zero-order valence-corrected chi connectivity index (χ0v) is 15.6. The quantitative estimate of drug-likeness (QED) is 0.757. The molecule has 4 rings (SSSR count). The van der Waals surface area contributed by atoms with Gasteiger partial charge in [0.05, 0.1) is 12.2 Å². The standard InChI is InChI=1S/C22H31NO2/c1-14(24)18-5-6-20-17-4-3-15-13-16(25)7-9-21(15,2)19(17)8-10-22(18,20)11-12-23/h3,16-20,25H,4-11,13H2,1-2H3/t16?,17-,18-,19+,20+,21+,22+/m1/s1. The van der Waals surface area contributed by atoms with Gasteiger partial charge in [0.15, 0.2) is 0 Å². The number of nitrogens with zero attached hydrogens (tertiary/aromatic N) is 1. The summed E-state index contributed by atoms with van der Waals surface area (Å²) >= 11 is 0. The van der Waals surface area contributed by atoms with E-state index in [1.165, 1.54) is 5.57 Å². The fraction of sp³-hybridized carbons (Fsp3) is 0.818. The molecular weight excluding hydrogens is 310 g/mol. The van der Waals surface area contributed by atoms with Gasteiger partial charge in [-0.3, -0.25) is 4.79 Å². The van der Waals surface area contributed by atoms with Gasteiger partial charge < -0.3 is 5.11 Å². The summed E-state index contributed by atoms with van der Waals surface area (Å²) in [7, 11) is 0. The summed E-state index contributed by atoms with van der Waals surface area (Å²) in [5, 5.41) is 19.6. The van der Waals surface area contributed by atoms with E-state index in [0.29, 0.717) is 30.0 Å². The molecule has 25 heavy (non-hydrogen) atoms. The maximum Gasteiger partial charge on any atom is 0.133 e. The number of Topliss-reactive ketones (excluding diaryl/α,β-unsaturated/α-hetero) is 1. The van der Waals surface area contributed by atoms with E-state index in [1.54, 1.807) is 6.92 Å². The number of ketones is 1. The van der Waals surface area contributed by atoms with Gasteiger partial charge in [-0.15, -0.1) is 0 Å². The Hall–Kier alpha value is -1.14. The normalized spacial score (nSPS) is 48.6. The Bertz CT molecular complexity index is 647. The van der Waals surface area contributed by atoms with Crippen LogP contribution in [0.15, 0.2) is 11.6 Å². The van der Waals surface area contributed by atoms with Crippen LogP contribution in [0, 0.1) is 45.8 Å². The van der Waals surface area contributed by atoms with Crippen LogP contribution >= 0.6 is 0 Å². The maximum atomic E-state index is 12.3. The molecule has 0 spiro atoms. The molecule has 3 fully saturated rings. The average molecular weight is 341 g/mol. The second-order valence-corrected chi connectivity index (χ2v) is 9.50. The predicted molar refractivity (Wildman–Crippen MR) is 96.4 cm³/mol. The minimum atomic E-state index is -0.161. The highest BCUT2D eigenvalue weighted by Crippen LogP contribution is 2.67. The van der Waals surface area contributed by atoms with Gasteiger partial charge in [0, 0.05) is 12.3 Å². The molecule has 136 valence electrons. The van der Waals surface area contributed by atoms with Crippen LogP contribution in [0.5, 0.6) is 0 Å². The van der Waals surface area contributed by atoms with E-state index in [4.69, 9.17) is 0 Å². The molecule has 0 aliphatic heterocycles. The maximum absolute atomic E-state index is 12.3. The van der Waals surface area contributed by atoms with Crippen LogP contribution < -0.4 is 0 Å². The second-order valence-electron chi connectivity index (χ2n) is 9.50. The van der Waals surface area contributed by atoms with Gasteiger partial charge >= 0.3 is 0 Å². The van der Waals surface area contributed by atoms with E-state index in [-0.39, 0.29) is 22.9 Å². The number of carbonyl (C=O) groups is 1. The van der Waals surface area contributed by atoms with Gasteiger partial charge in [-0.1, -0.05) is 18.6 Å². The molecule has 4 aliphatic rings. The predicted octanol–water partition coefficient (Wildman–Crippen LogP) is 4.41. The zero-order chi connectivity index (χ0) is 17.8. The lowest BCUT2D eigenvalue weighted by Crippen LogP contribution is -2.51. The summed E-state index contributed by atoms with van der Waals surface area (Å²) in [5.41, 5.74) is 1.66. The molecule has 0 aromatic carbocycles. The molecule has 0 aromatic rings. The van der Waals surface area contributed by atoms with Crippen LogP contribution in [0.3, 0.4) is 0 Å². The first-order chi connectivity index (χ1) is 11.9. The van der Waals surface area contributed by atoms with Crippen molar-refractivity contribution in [2.45, 2.75) is 77.7 Å². The smallest absolute Gasteiger partial charge is 0.133 e. The monoisotopic (exact) mass is 341 g/mol. The van der Waals surface area contributed by atoms with Crippen LogP contribution in [0.2, 0.25) is 0 Å². The summed E-state index contributed by atoms with van der Waals surface area (Å²) in [5.74, 6) is 2.22. The molecule has 0 saturated heterocycles. The SMILES string of the molecule is CC(=O)[C@H]1CC[C@H]2[C@@H]3CC=C4CC(O)CC[C@]4(C)[C@H]3CC[C@]12CC#N. The number of allylic oxidation sites excluding steroid dienone is 1. The minimum Gasteiger partial charge on any atom is -0.393 e. The number of aliphatic hydroxyl groups excluding tert-OH is 1. The van der Waals surface area contributed by atoms with Crippen molar-refractivity contribution in [2.75, 3.05) is 0 Å². The minimum absolute atomic E-state index is 0.0579. The average Bonchev–Trinajstić information content (AvgIpc) is 2.95. The summed E-state index contributed by atoms with van der Waals surface area (Å²) in [6.07, 6.45) is 11.1. The van der Waals surface area contributed by atoms with Crippen molar-refractivity contribution in [3.63, 3.8) is 0 Å². The number of nitriles is 1. The molecule has 0 heterocycles. The topological polar surface area (TPSA) is 61.1 Å². The molecule has 1 unspecified atom stereocenters. The van der Waals surface area contributed by atoms with Crippen molar-refractivity contribution in [1.29, 1.82) is 5.26 Å². The highest BCUT2D eigenvalue weighted by molar-refractivity contribution is 5.79. The molecule has 0 amide bonds. The van der Waals surface area contributed by atoms with E-state index < -0.39 is 0 Å². The first-order valence-corrected chi connectivity index (χ1v) is 10.2. The number of carbonyl (C=O) groups excluding carboxylic acids is 1. The van der Waals surface area contributed by atoms with Crippen molar-refractivity contribution >= 4 is 5.78 Å². The number of hydrogen-bond donors (Lipinski definition) is 1. The second kappa shape index (κ2) is 5.95. The summed E-state index contributed by atoms with van der Waals surface area (Å²) in [6, 6.07) is 2.45. The molecule has 1 N–H and O–H groups in total. The van der Waals surface area contributed by atoms with E-state index in [9.17, 15) is 15.2 Å². The van der Waals surface area contributed by atoms with E-state index in [0.717, 1.165) is 51.4 Å². The molecule has 3 saturated carbocycles. The van der Waals surface area contributed by atoms with E-state index >= 15 is 0 Å². The summed E-state index contributed by atoms with van der Waals surface area (Å²) in [4.78, 5) is 12.3. The lowest BCUT2D eigenvalue weighted by Gasteiger charge is -2.58. The molecular formula is C22H31NO2. The van der Waals surface area contributed by atoms with Crippen molar-refractivity contribution < 1.29 is 9.90 Å². The fourth-order valence-electron chi connectivity index (χ4n) is 7.55. The van der Waals surface area contributed by atoms with Crippen LogP contribution in [-0.4, -0.2) is 17.0 Å². The lowest BCUT2D eigenvalue weighted by atomic mass is 9.46. The Labute approximate surface area is 151 Å². The van der Waals surface area contributed by atoms with Crippen molar-refractivity contribution in [1.82, 2.24) is 0 Å². The van der Waals surface area contributed by atoms with Gasteiger partial charge in [-0.2, -0.15) is 5.26 Å². The highest BCUT2D eigenvalue weighted by atomic mass is 16.3. The lowest BCUT2D eigenvalue weighted by molar-refractivity contribution is -0.128. The van der Waals surface area contributed by atoms with Crippen LogP contribution in [-0.2, 0) is 4.79 Å². The van der Waals surface area contributed by atoms with Gasteiger partial charge in [-0.25, -0.2) is 0 Å². The Morgan fingerprint density at radius 2 is 2.08 bits per heavy atom. The Morgan fingerprint density at radius 1 is 1.28 bits per heavy atom. The van der Waals surface area contributed by atoms with Gasteiger partial charge in [0.2, 0.25) is 0 Å². The molecule has 0 bridgehead atoms. The van der Waals surface area contributed by atoms with Crippen molar-refractivity contribution in [3.05, 3.63) is 11.6 Å². The third kappa shape index (κ3) is 2.36. The largest absolute Gasteiger partial charge is 0.393 e. The van der Waals surface area contributed by atoms with Gasteiger partial charge in [-0.05, 0) is 86.9 Å². The third-order valence-corrected chi connectivity index (χ3v) is 8.69. The molecule has 3 nitrogen and oxygen atoms in total. The number of rotatable bonds is 2. The number of fused-ring (bicyclic) bond motifs is 5. The molecule has 0 radical (unpaired) electrons. The first kappa shape index (κ1) is 17.3. The van der Waals surface area contributed by atoms with Crippen molar-refractivity contribution in [2.24, 2.45) is 34.5 Å². The number of hydrogen-bond acceptors (Lipinski definition) is 3. The molecule has 7 atom stereocenters. The van der Waals surface area contributed by atoms with Crippen LogP contribution in [0.25, 0.3) is 0 Å². The highest BCUT2D eigenvalue weighted by Gasteiger charge is 2.61. The van der Waals surface area contributed by atoms with E-state index in [1.807, 2.05) is 0 Å². The van der Waals surface area contributed by atoms with Gasteiger partial charge in [0.1, 0.15) is 5.78 Å². The summed E-state index contributed by atoms with van der Waals surface area (Å²) < 4.78 is 0. The number of aliphatic hydroxyl groups is 1.